The molecule has 74 valence electrons. The van der Waals surface area contributed by atoms with Crippen molar-refractivity contribution < 1.29 is 0 Å². The summed E-state index contributed by atoms with van der Waals surface area (Å²) in [7, 11) is 0. The van der Waals surface area contributed by atoms with E-state index in [0.717, 1.165) is 11.3 Å². The summed E-state index contributed by atoms with van der Waals surface area (Å²) in [6.07, 6.45) is 3.24. The normalized spacial score (nSPS) is 9.87. The first kappa shape index (κ1) is 9.28. The summed E-state index contributed by atoms with van der Waals surface area (Å²) in [4.78, 5) is 0. The lowest BCUT2D eigenvalue weighted by Crippen LogP contribution is -1.98. The number of benzene rings is 1. The van der Waals surface area contributed by atoms with E-state index >= 15 is 0 Å². The minimum absolute atomic E-state index is 0.583. The second-order valence-corrected chi connectivity index (χ2v) is 3.35. The molecule has 0 unspecified atom stereocenters. The highest BCUT2D eigenvalue weighted by Crippen LogP contribution is 2.16. The highest BCUT2D eigenvalue weighted by atomic mass is 15.3. The van der Waals surface area contributed by atoms with Crippen molar-refractivity contribution in [2.75, 3.05) is 5.73 Å². The fourth-order valence-corrected chi connectivity index (χ4v) is 1.41. The van der Waals surface area contributed by atoms with Crippen LogP contribution in [0.4, 0.5) is 5.69 Å². The molecule has 0 atom stereocenters. The van der Waals surface area contributed by atoms with Gasteiger partial charge < -0.3 is 5.73 Å². The van der Waals surface area contributed by atoms with Crippen molar-refractivity contribution in [1.82, 2.24) is 9.78 Å². The summed E-state index contributed by atoms with van der Waals surface area (Å²) in [6.45, 7) is 1.95. The summed E-state index contributed by atoms with van der Waals surface area (Å²) in [6, 6.07) is 7.77. The SMILES string of the molecule is Cc1ccc(-n2cc(N)cn2)c(C#N)c1. The highest BCUT2D eigenvalue weighted by molar-refractivity contribution is 5.51. The fourth-order valence-electron chi connectivity index (χ4n) is 1.41. The molecule has 4 heteroatoms. The second-order valence-electron chi connectivity index (χ2n) is 3.35. The number of hydrogen-bond donors (Lipinski definition) is 1. The Morgan fingerprint density at radius 2 is 2.27 bits per heavy atom. The Kier molecular flexibility index (Phi) is 2.14. The lowest BCUT2D eigenvalue weighted by Gasteiger charge is -2.04. The number of aryl methyl sites for hydroxylation is 1. The van der Waals surface area contributed by atoms with Gasteiger partial charge in [0.05, 0.1) is 29.3 Å². The van der Waals surface area contributed by atoms with Crippen molar-refractivity contribution in [2.24, 2.45) is 0 Å². The third kappa shape index (κ3) is 1.67. The van der Waals surface area contributed by atoms with Crippen molar-refractivity contribution in [3.63, 3.8) is 0 Å². The smallest absolute Gasteiger partial charge is 0.101 e. The van der Waals surface area contributed by atoms with Gasteiger partial charge in [0, 0.05) is 0 Å². The number of anilines is 1. The summed E-state index contributed by atoms with van der Waals surface area (Å²) >= 11 is 0. The lowest BCUT2D eigenvalue weighted by molar-refractivity contribution is 0.877. The van der Waals surface area contributed by atoms with Crippen LogP contribution in [-0.2, 0) is 0 Å². The molecule has 1 aromatic carbocycles. The van der Waals surface area contributed by atoms with Gasteiger partial charge in [-0.15, -0.1) is 0 Å². The van der Waals surface area contributed by atoms with Gasteiger partial charge in [0.1, 0.15) is 6.07 Å². The number of hydrogen-bond acceptors (Lipinski definition) is 3. The predicted molar refractivity (Wildman–Crippen MR) is 57.4 cm³/mol. The standard InChI is InChI=1S/C11H10N4/c1-8-2-3-11(9(4-8)5-12)15-7-10(13)6-14-15/h2-4,6-7H,13H2,1H3. The van der Waals surface area contributed by atoms with E-state index in [2.05, 4.69) is 11.2 Å². The van der Waals surface area contributed by atoms with Gasteiger partial charge >= 0.3 is 0 Å². The fraction of sp³-hybridized carbons (Fsp3) is 0.0909. The van der Waals surface area contributed by atoms with Gasteiger partial charge in [-0.25, -0.2) is 4.68 Å². The number of nitrogens with zero attached hydrogens (tertiary/aromatic N) is 3. The molecular formula is C11H10N4. The third-order valence-corrected chi connectivity index (χ3v) is 2.12. The minimum atomic E-state index is 0.583. The monoisotopic (exact) mass is 198 g/mol. The zero-order valence-electron chi connectivity index (χ0n) is 8.31. The molecule has 1 aromatic heterocycles. The minimum Gasteiger partial charge on any atom is -0.396 e. The quantitative estimate of drug-likeness (QED) is 0.757. The highest BCUT2D eigenvalue weighted by Gasteiger charge is 2.05. The van der Waals surface area contributed by atoms with Crippen molar-refractivity contribution in [3.8, 4) is 11.8 Å². The number of nitrogen functional groups attached to an aromatic ring is 1. The van der Waals surface area contributed by atoms with Gasteiger partial charge in [0.15, 0.2) is 0 Å². The molecule has 15 heavy (non-hydrogen) atoms. The average Bonchev–Trinajstić information content (AvgIpc) is 2.64. The van der Waals surface area contributed by atoms with Gasteiger partial charge in [0.25, 0.3) is 0 Å². The summed E-state index contributed by atoms with van der Waals surface area (Å²) < 4.78 is 1.60. The van der Waals surface area contributed by atoms with E-state index in [0.29, 0.717) is 11.3 Å². The molecule has 0 saturated carbocycles. The van der Waals surface area contributed by atoms with Crippen LogP contribution < -0.4 is 5.73 Å². The van der Waals surface area contributed by atoms with Crippen molar-refractivity contribution in [3.05, 3.63) is 41.7 Å². The van der Waals surface area contributed by atoms with Crippen LogP contribution in [0.15, 0.2) is 30.6 Å². The maximum Gasteiger partial charge on any atom is 0.101 e. The van der Waals surface area contributed by atoms with Gasteiger partial charge in [-0.2, -0.15) is 10.4 Å². The summed E-state index contributed by atoms with van der Waals surface area (Å²) in [5.74, 6) is 0. The van der Waals surface area contributed by atoms with Gasteiger partial charge in [0.2, 0.25) is 0 Å². The van der Waals surface area contributed by atoms with Crippen LogP contribution in [0.5, 0.6) is 0 Å². The number of nitriles is 1. The molecule has 0 aliphatic heterocycles. The molecule has 0 amide bonds. The van der Waals surface area contributed by atoms with Crippen LogP contribution in [0, 0.1) is 18.3 Å². The van der Waals surface area contributed by atoms with E-state index in [1.54, 1.807) is 17.1 Å². The molecule has 0 aliphatic rings. The molecule has 2 aromatic rings. The van der Waals surface area contributed by atoms with Crippen LogP contribution in [0.2, 0.25) is 0 Å². The molecule has 4 nitrogen and oxygen atoms in total. The molecular weight excluding hydrogens is 188 g/mol. The van der Waals surface area contributed by atoms with Crippen molar-refractivity contribution in [1.29, 1.82) is 5.26 Å². The van der Waals surface area contributed by atoms with E-state index < -0.39 is 0 Å². The Morgan fingerprint density at radius 3 is 2.87 bits per heavy atom. The topological polar surface area (TPSA) is 67.6 Å². The molecule has 2 N–H and O–H groups in total. The van der Waals surface area contributed by atoms with Crippen LogP contribution in [-0.4, -0.2) is 9.78 Å². The second kappa shape index (κ2) is 3.46. The summed E-state index contributed by atoms with van der Waals surface area (Å²) in [5, 5.41) is 13.1. The molecule has 2 rings (SSSR count). The molecule has 0 radical (unpaired) electrons. The maximum atomic E-state index is 8.99. The predicted octanol–water partition coefficient (Wildman–Crippen LogP) is 1.63. The van der Waals surface area contributed by atoms with Gasteiger partial charge in [-0.1, -0.05) is 6.07 Å². The molecule has 0 spiro atoms. The first-order valence-electron chi connectivity index (χ1n) is 4.52. The van der Waals surface area contributed by atoms with Crippen LogP contribution >= 0.6 is 0 Å². The van der Waals surface area contributed by atoms with E-state index in [9.17, 15) is 0 Å². The number of aromatic nitrogens is 2. The average molecular weight is 198 g/mol. The summed E-state index contributed by atoms with van der Waals surface area (Å²) in [5.41, 5.74) is 8.55. The third-order valence-electron chi connectivity index (χ3n) is 2.12. The largest absolute Gasteiger partial charge is 0.396 e. The Hall–Kier alpha value is -2.28. The molecule has 0 saturated heterocycles. The molecule has 0 bridgehead atoms. The molecule has 0 fully saturated rings. The first-order valence-corrected chi connectivity index (χ1v) is 4.52. The van der Waals surface area contributed by atoms with E-state index in [-0.39, 0.29) is 0 Å². The van der Waals surface area contributed by atoms with Crippen molar-refractivity contribution in [2.45, 2.75) is 6.92 Å². The maximum absolute atomic E-state index is 8.99. The van der Waals surface area contributed by atoms with Gasteiger partial charge in [-0.05, 0) is 24.6 Å². The van der Waals surface area contributed by atoms with Crippen LogP contribution in [0.1, 0.15) is 11.1 Å². The number of rotatable bonds is 1. The Labute approximate surface area is 87.6 Å². The Bertz CT molecular complexity index is 534. The Balaban J connectivity index is 2.58. The van der Waals surface area contributed by atoms with Crippen molar-refractivity contribution >= 4 is 5.69 Å². The zero-order chi connectivity index (χ0) is 10.8. The van der Waals surface area contributed by atoms with E-state index in [1.807, 2.05) is 25.1 Å². The lowest BCUT2D eigenvalue weighted by atomic mass is 10.1. The zero-order valence-corrected chi connectivity index (χ0v) is 8.31. The molecule has 1 heterocycles. The van der Waals surface area contributed by atoms with Crippen LogP contribution in [0.25, 0.3) is 5.69 Å². The molecule has 0 aliphatic carbocycles. The number of nitrogens with two attached hydrogens (primary N) is 1. The van der Waals surface area contributed by atoms with Gasteiger partial charge in [-0.3, -0.25) is 0 Å². The van der Waals surface area contributed by atoms with E-state index in [1.165, 1.54) is 0 Å². The Morgan fingerprint density at radius 1 is 1.47 bits per heavy atom. The first-order chi connectivity index (χ1) is 7.20. The van der Waals surface area contributed by atoms with Crippen LogP contribution in [0.3, 0.4) is 0 Å². The van der Waals surface area contributed by atoms with E-state index in [4.69, 9.17) is 11.0 Å².